The van der Waals surface area contributed by atoms with Gasteiger partial charge in [-0.25, -0.2) is 0 Å². The Hall–Kier alpha value is -0.480. The van der Waals surface area contributed by atoms with Crippen LogP contribution < -0.4 is 0 Å². The van der Waals surface area contributed by atoms with Crippen molar-refractivity contribution < 1.29 is 15.0 Å². The summed E-state index contributed by atoms with van der Waals surface area (Å²) in [7, 11) is 0. The van der Waals surface area contributed by atoms with Crippen molar-refractivity contribution in [1.82, 2.24) is 0 Å². The molecule has 62 valence electrons. The molecule has 0 aromatic heterocycles. The number of carbonyl (C=O) groups excluding carboxylic acids is 1. The average molecular weight is 174 g/mol. The van der Waals surface area contributed by atoms with Crippen molar-refractivity contribution >= 4 is 17.5 Å². The largest absolute Gasteiger partial charge is 0.505 e. The van der Waals surface area contributed by atoms with E-state index in [-0.39, 0.29) is 23.4 Å². The molecule has 0 spiro atoms. The number of carbonyl (C=O) groups is 1. The molecule has 0 heterocycles. The molecule has 1 rings (SSSR count). The fraction of sp³-hybridized carbons (Fsp3) is 0.571. The molecule has 3 nitrogen and oxygen atoms in total. The molecule has 0 saturated carbocycles. The highest BCUT2D eigenvalue weighted by Gasteiger charge is 2.23. The number of rotatable bonds is 3. The van der Waals surface area contributed by atoms with E-state index in [2.05, 4.69) is 0 Å². The molecule has 1 unspecified atom stereocenters. The first kappa shape index (κ1) is 8.62. The van der Waals surface area contributed by atoms with Gasteiger partial charge in [-0.1, -0.05) is 0 Å². The molecular weight excluding hydrogens is 164 g/mol. The molecule has 2 N–H and O–H groups in total. The minimum atomic E-state index is -0.194. The molecule has 4 heteroatoms. The summed E-state index contributed by atoms with van der Waals surface area (Å²) >= 11 is 1.48. The van der Waals surface area contributed by atoms with Gasteiger partial charge >= 0.3 is 0 Å². The van der Waals surface area contributed by atoms with Crippen molar-refractivity contribution in [3.05, 3.63) is 11.8 Å². The zero-order valence-corrected chi connectivity index (χ0v) is 6.80. The maximum Gasteiger partial charge on any atom is 0.198 e. The second kappa shape index (κ2) is 3.78. The fourth-order valence-electron chi connectivity index (χ4n) is 0.926. The van der Waals surface area contributed by atoms with E-state index in [0.29, 0.717) is 12.2 Å². The highest BCUT2D eigenvalue weighted by atomic mass is 32.2. The maximum absolute atomic E-state index is 10.8. The summed E-state index contributed by atoms with van der Waals surface area (Å²) in [4.78, 5) is 10.8. The standard InChI is InChI=1S/C7H10O3S/c8-1-2-11-5-3-6(9)7(10)4-5/h3,5,8-9H,1-2,4H2. The molecular formula is C7H10O3S. The van der Waals surface area contributed by atoms with Gasteiger partial charge in [-0.05, 0) is 6.08 Å². The van der Waals surface area contributed by atoms with Crippen LogP contribution in [0.25, 0.3) is 0 Å². The lowest BCUT2D eigenvalue weighted by Gasteiger charge is -2.02. The summed E-state index contributed by atoms with van der Waals surface area (Å²) in [5.41, 5.74) is 0. The Kier molecular flexibility index (Phi) is 2.96. The van der Waals surface area contributed by atoms with Crippen molar-refractivity contribution in [2.75, 3.05) is 12.4 Å². The molecule has 0 amide bonds. The molecule has 0 aromatic rings. The van der Waals surface area contributed by atoms with E-state index in [9.17, 15) is 4.79 Å². The number of ketones is 1. The normalized spacial score (nSPS) is 23.9. The topological polar surface area (TPSA) is 57.5 Å². The minimum Gasteiger partial charge on any atom is -0.505 e. The van der Waals surface area contributed by atoms with Crippen LogP contribution in [-0.4, -0.2) is 33.6 Å². The second-order valence-corrected chi connectivity index (χ2v) is 3.66. The van der Waals surface area contributed by atoms with Crippen LogP contribution in [0, 0.1) is 0 Å². The van der Waals surface area contributed by atoms with E-state index >= 15 is 0 Å². The smallest absolute Gasteiger partial charge is 0.198 e. The fourth-order valence-corrected chi connectivity index (χ4v) is 1.83. The third kappa shape index (κ3) is 2.24. The lowest BCUT2D eigenvalue weighted by atomic mass is 10.3. The van der Waals surface area contributed by atoms with Gasteiger partial charge in [0, 0.05) is 17.4 Å². The van der Waals surface area contributed by atoms with Gasteiger partial charge in [0.2, 0.25) is 0 Å². The molecule has 1 atom stereocenters. The van der Waals surface area contributed by atoms with Crippen molar-refractivity contribution in [2.24, 2.45) is 0 Å². The van der Waals surface area contributed by atoms with Crippen LogP contribution >= 0.6 is 11.8 Å². The zero-order valence-electron chi connectivity index (χ0n) is 5.99. The van der Waals surface area contributed by atoms with E-state index in [1.165, 1.54) is 11.8 Å². The monoisotopic (exact) mass is 174 g/mol. The quantitative estimate of drug-likeness (QED) is 0.654. The summed E-state index contributed by atoms with van der Waals surface area (Å²) in [5, 5.41) is 17.4. The molecule has 1 aliphatic carbocycles. The van der Waals surface area contributed by atoms with E-state index in [0.717, 1.165) is 0 Å². The van der Waals surface area contributed by atoms with Gasteiger partial charge in [-0.2, -0.15) is 11.8 Å². The van der Waals surface area contributed by atoms with Crippen LogP contribution in [-0.2, 0) is 4.79 Å². The maximum atomic E-state index is 10.8. The Labute approximate surface area is 69.1 Å². The predicted molar refractivity (Wildman–Crippen MR) is 43.7 cm³/mol. The number of allylic oxidation sites excluding steroid dienone is 1. The third-order valence-electron chi connectivity index (χ3n) is 1.44. The van der Waals surface area contributed by atoms with E-state index in [4.69, 9.17) is 10.2 Å². The average Bonchev–Trinajstić information content (AvgIpc) is 2.28. The van der Waals surface area contributed by atoms with Gasteiger partial charge in [0.05, 0.1) is 6.61 Å². The summed E-state index contributed by atoms with van der Waals surface area (Å²) in [5.74, 6) is 0.294. The van der Waals surface area contributed by atoms with Gasteiger partial charge in [-0.3, -0.25) is 4.79 Å². The molecule has 0 fully saturated rings. The third-order valence-corrected chi connectivity index (χ3v) is 2.59. The Balaban J connectivity index is 2.35. The Bertz CT molecular complexity index is 188. The number of hydrogen-bond donors (Lipinski definition) is 2. The molecule has 0 aromatic carbocycles. The van der Waals surface area contributed by atoms with Crippen molar-refractivity contribution in [1.29, 1.82) is 0 Å². The lowest BCUT2D eigenvalue weighted by molar-refractivity contribution is -0.117. The van der Waals surface area contributed by atoms with Crippen LogP contribution in [0.3, 0.4) is 0 Å². The minimum absolute atomic E-state index is 0.0645. The van der Waals surface area contributed by atoms with Gasteiger partial charge in [0.1, 0.15) is 0 Å². The Morgan fingerprint density at radius 2 is 2.45 bits per heavy atom. The van der Waals surface area contributed by atoms with Gasteiger partial charge < -0.3 is 10.2 Å². The van der Waals surface area contributed by atoms with Gasteiger partial charge in [-0.15, -0.1) is 0 Å². The summed E-state index contributed by atoms with van der Waals surface area (Å²) in [6, 6.07) is 0. The lowest BCUT2D eigenvalue weighted by Crippen LogP contribution is -2.01. The molecule has 11 heavy (non-hydrogen) atoms. The zero-order chi connectivity index (χ0) is 8.27. The van der Waals surface area contributed by atoms with Crippen molar-refractivity contribution in [2.45, 2.75) is 11.7 Å². The number of aliphatic hydroxyl groups is 2. The summed E-state index contributed by atoms with van der Waals surface area (Å²) in [6.07, 6.45) is 1.92. The molecule has 1 aliphatic rings. The Morgan fingerprint density at radius 1 is 1.73 bits per heavy atom. The molecule has 0 saturated heterocycles. The summed E-state index contributed by atoms with van der Waals surface area (Å²) in [6.45, 7) is 0.115. The van der Waals surface area contributed by atoms with Crippen LogP contribution in [0.2, 0.25) is 0 Å². The van der Waals surface area contributed by atoms with Crippen molar-refractivity contribution in [3.63, 3.8) is 0 Å². The van der Waals surface area contributed by atoms with Crippen LogP contribution in [0.1, 0.15) is 6.42 Å². The number of aliphatic hydroxyl groups excluding tert-OH is 2. The Morgan fingerprint density at radius 3 is 2.91 bits per heavy atom. The molecule has 0 radical (unpaired) electrons. The number of hydrogen-bond acceptors (Lipinski definition) is 4. The number of thioether (sulfide) groups is 1. The van der Waals surface area contributed by atoms with Crippen LogP contribution in [0.4, 0.5) is 0 Å². The number of Topliss-reactive ketones (excluding diaryl/α,β-unsaturated/α-hetero) is 1. The molecule has 0 aliphatic heterocycles. The SMILES string of the molecule is O=C1CC(SCCO)C=C1O. The van der Waals surface area contributed by atoms with Crippen molar-refractivity contribution in [3.8, 4) is 0 Å². The van der Waals surface area contributed by atoms with Crippen LogP contribution in [0.15, 0.2) is 11.8 Å². The first-order valence-electron chi connectivity index (χ1n) is 3.40. The first-order chi connectivity index (χ1) is 5.24. The van der Waals surface area contributed by atoms with Crippen LogP contribution in [0.5, 0.6) is 0 Å². The highest BCUT2D eigenvalue weighted by Crippen LogP contribution is 2.24. The van der Waals surface area contributed by atoms with E-state index in [1.54, 1.807) is 6.08 Å². The van der Waals surface area contributed by atoms with Gasteiger partial charge in [0.15, 0.2) is 11.5 Å². The predicted octanol–water partition coefficient (Wildman–Crippen LogP) is 0.495. The van der Waals surface area contributed by atoms with E-state index < -0.39 is 0 Å². The highest BCUT2D eigenvalue weighted by molar-refractivity contribution is 8.00. The first-order valence-corrected chi connectivity index (χ1v) is 4.45. The molecule has 0 bridgehead atoms. The van der Waals surface area contributed by atoms with E-state index in [1.807, 2.05) is 0 Å². The van der Waals surface area contributed by atoms with Gasteiger partial charge in [0.25, 0.3) is 0 Å². The second-order valence-electron chi connectivity index (χ2n) is 2.31. The summed E-state index contributed by atoms with van der Waals surface area (Å²) < 4.78 is 0.